The Morgan fingerprint density at radius 2 is 2.07 bits per heavy atom. The van der Waals surface area contributed by atoms with Crippen LogP contribution in [0.2, 0.25) is 0 Å². The van der Waals surface area contributed by atoms with Crippen molar-refractivity contribution < 1.29 is 15.3 Å². The van der Waals surface area contributed by atoms with E-state index in [1.807, 2.05) is 6.92 Å². The van der Waals surface area contributed by atoms with E-state index in [-0.39, 0.29) is 5.91 Å². The molecule has 0 aliphatic rings. The van der Waals surface area contributed by atoms with Crippen LogP contribution in [0.4, 0.5) is 0 Å². The standard InChI is InChI=1S/C11H16N2O2/c1-2-15-10-5-3-9(4-6-10)11(14)13-8-7-12/h3-6H,2,7-8,12H2,1H3,(H,13,14)/p+1. The molecule has 0 aliphatic heterocycles. The third-order valence-electron chi connectivity index (χ3n) is 1.89. The molecule has 0 aliphatic carbocycles. The molecule has 1 amide bonds. The minimum absolute atomic E-state index is 0.0679. The normalized spacial score (nSPS) is 9.73. The fraction of sp³-hybridized carbons (Fsp3) is 0.364. The molecule has 0 heterocycles. The van der Waals surface area contributed by atoms with Crippen LogP contribution in [0.3, 0.4) is 0 Å². The average molecular weight is 209 g/mol. The van der Waals surface area contributed by atoms with Crippen molar-refractivity contribution in [1.29, 1.82) is 0 Å². The van der Waals surface area contributed by atoms with Gasteiger partial charge in [-0.1, -0.05) is 0 Å². The van der Waals surface area contributed by atoms with Crippen molar-refractivity contribution in [3.63, 3.8) is 0 Å². The first kappa shape index (κ1) is 11.5. The Kier molecular flexibility index (Phi) is 4.63. The topological polar surface area (TPSA) is 66.0 Å². The van der Waals surface area contributed by atoms with Crippen LogP contribution in [-0.4, -0.2) is 25.6 Å². The molecule has 0 fully saturated rings. The van der Waals surface area contributed by atoms with Crippen molar-refractivity contribution in [2.24, 2.45) is 0 Å². The summed E-state index contributed by atoms with van der Waals surface area (Å²) in [5.74, 6) is 0.716. The van der Waals surface area contributed by atoms with Gasteiger partial charge in [-0.2, -0.15) is 0 Å². The van der Waals surface area contributed by atoms with Crippen molar-refractivity contribution in [1.82, 2.24) is 5.32 Å². The molecule has 82 valence electrons. The van der Waals surface area contributed by atoms with Crippen LogP contribution >= 0.6 is 0 Å². The number of rotatable bonds is 5. The summed E-state index contributed by atoms with van der Waals surface area (Å²) in [4.78, 5) is 11.5. The number of carbonyl (C=O) groups is 1. The molecule has 0 atom stereocenters. The van der Waals surface area contributed by atoms with Crippen LogP contribution in [0.15, 0.2) is 24.3 Å². The zero-order valence-electron chi connectivity index (χ0n) is 8.95. The Labute approximate surface area is 89.4 Å². The Morgan fingerprint density at radius 1 is 1.40 bits per heavy atom. The lowest BCUT2D eigenvalue weighted by Gasteiger charge is -2.05. The summed E-state index contributed by atoms with van der Waals surface area (Å²) in [5, 5.41) is 2.76. The second-order valence-electron chi connectivity index (χ2n) is 3.07. The predicted octanol–water partition coefficient (Wildman–Crippen LogP) is 0.0570. The van der Waals surface area contributed by atoms with Crippen molar-refractivity contribution in [2.75, 3.05) is 19.7 Å². The van der Waals surface area contributed by atoms with E-state index in [1.54, 1.807) is 24.3 Å². The van der Waals surface area contributed by atoms with Gasteiger partial charge in [-0.25, -0.2) is 0 Å². The largest absolute Gasteiger partial charge is 0.494 e. The van der Waals surface area contributed by atoms with Crippen LogP contribution in [-0.2, 0) is 0 Å². The number of carbonyl (C=O) groups excluding carboxylic acids is 1. The van der Waals surface area contributed by atoms with Crippen molar-refractivity contribution in [3.05, 3.63) is 29.8 Å². The van der Waals surface area contributed by atoms with Crippen molar-refractivity contribution in [3.8, 4) is 5.75 Å². The van der Waals surface area contributed by atoms with E-state index in [2.05, 4.69) is 11.1 Å². The van der Waals surface area contributed by atoms with E-state index in [9.17, 15) is 4.79 Å². The van der Waals surface area contributed by atoms with E-state index in [1.165, 1.54) is 0 Å². The van der Waals surface area contributed by atoms with E-state index in [0.717, 1.165) is 5.75 Å². The summed E-state index contributed by atoms with van der Waals surface area (Å²) in [6.07, 6.45) is 0. The molecule has 1 rings (SSSR count). The SMILES string of the molecule is CCOc1ccc(C(=O)NCC[NH3+])cc1. The summed E-state index contributed by atoms with van der Waals surface area (Å²) in [5.41, 5.74) is 4.30. The van der Waals surface area contributed by atoms with Gasteiger partial charge >= 0.3 is 0 Å². The van der Waals surface area contributed by atoms with Gasteiger partial charge in [-0.3, -0.25) is 4.79 Å². The molecule has 0 spiro atoms. The van der Waals surface area contributed by atoms with Gasteiger partial charge in [0.2, 0.25) is 0 Å². The van der Waals surface area contributed by atoms with Gasteiger partial charge in [-0.05, 0) is 31.2 Å². The van der Waals surface area contributed by atoms with Gasteiger partial charge in [0.25, 0.3) is 5.91 Å². The molecule has 4 heteroatoms. The van der Waals surface area contributed by atoms with Crippen LogP contribution in [0.5, 0.6) is 5.75 Å². The number of amides is 1. The maximum absolute atomic E-state index is 11.5. The highest BCUT2D eigenvalue weighted by atomic mass is 16.5. The van der Waals surface area contributed by atoms with Crippen molar-refractivity contribution >= 4 is 5.91 Å². The number of benzene rings is 1. The highest BCUT2D eigenvalue weighted by molar-refractivity contribution is 5.94. The number of nitrogens with one attached hydrogen (secondary N) is 1. The smallest absolute Gasteiger partial charge is 0.251 e. The van der Waals surface area contributed by atoms with Crippen molar-refractivity contribution in [2.45, 2.75) is 6.92 Å². The van der Waals surface area contributed by atoms with Crippen LogP contribution in [0.25, 0.3) is 0 Å². The summed E-state index contributed by atoms with van der Waals surface area (Å²) >= 11 is 0. The van der Waals surface area contributed by atoms with Crippen LogP contribution in [0.1, 0.15) is 17.3 Å². The molecule has 0 aromatic heterocycles. The number of hydrogen-bond acceptors (Lipinski definition) is 2. The highest BCUT2D eigenvalue weighted by Gasteiger charge is 2.04. The molecule has 0 radical (unpaired) electrons. The van der Waals surface area contributed by atoms with Gasteiger partial charge in [0.1, 0.15) is 5.75 Å². The molecule has 0 saturated carbocycles. The monoisotopic (exact) mass is 209 g/mol. The molecule has 0 unspecified atom stereocenters. The van der Waals surface area contributed by atoms with E-state index in [4.69, 9.17) is 4.74 Å². The van der Waals surface area contributed by atoms with E-state index in [0.29, 0.717) is 25.3 Å². The number of ether oxygens (including phenoxy) is 1. The van der Waals surface area contributed by atoms with Crippen LogP contribution in [0, 0.1) is 0 Å². The molecule has 4 nitrogen and oxygen atoms in total. The quantitative estimate of drug-likeness (QED) is 0.720. The van der Waals surface area contributed by atoms with Gasteiger partial charge in [0, 0.05) is 5.56 Å². The average Bonchev–Trinajstić information content (AvgIpc) is 2.27. The van der Waals surface area contributed by atoms with Crippen LogP contribution < -0.4 is 15.8 Å². The Bertz CT molecular complexity index is 309. The molecular weight excluding hydrogens is 192 g/mol. The summed E-state index contributed by atoms with van der Waals surface area (Å²) < 4.78 is 5.28. The summed E-state index contributed by atoms with van der Waals surface area (Å²) in [6, 6.07) is 7.10. The fourth-order valence-corrected chi connectivity index (χ4v) is 1.17. The second kappa shape index (κ2) is 6.03. The molecular formula is C11H17N2O2+. The van der Waals surface area contributed by atoms with Gasteiger partial charge < -0.3 is 15.8 Å². The Hall–Kier alpha value is -1.55. The van der Waals surface area contributed by atoms with E-state index < -0.39 is 0 Å². The lowest BCUT2D eigenvalue weighted by Crippen LogP contribution is -2.54. The maximum Gasteiger partial charge on any atom is 0.251 e. The minimum atomic E-state index is -0.0679. The molecule has 1 aromatic rings. The maximum atomic E-state index is 11.5. The summed E-state index contributed by atoms with van der Waals surface area (Å²) in [6.45, 7) is 3.86. The van der Waals surface area contributed by atoms with Gasteiger partial charge in [-0.15, -0.1) is 0 Å². The van der Waals surface area contributed by atoms with Gasteiger partial charge in [0.05, 0.1) is 19.7 Å². The van der Waals surface area contributed by atoms with E-state index >= 15 is 0 Å². The lowest BCUT2D eigenvalue weighted by atomic mass is 10.2. The Balaban J connectivity index is 2.58. The zero-order chi connectivity index (χ0) is 11.1. The first-order valence-electron chi connectivity index (χ1n) is 5.08. The first-order chi connectivity index (χ1) is 7.27. The predicted molar refractivity (Wildman–Crippen MR) is 57.7 cm³/mol. The third kappa shape index (κ3) is 3.59. The lowest BCUT2D eigenvalue weighted by molar-refractivity contribution is -0.364. The zero-order valence-corrected chi connectivity index (χ0v) is 8.95. The molecule has 1 aromatic carbocycles. The summed E-state index contributed by atoms with van der Waals surface area (Å²) in [7, 11) is 0. The number of hydrogen-bond donors (Lipinski definition) is 2. The molecule has 0 saturated heterocycles. The van der Waals surface area contributed by atoms with Gasteiger partial charge in [0.15, 0.2) is 0 Å². The third-order valence-corrected chi connectivity index (χ3v) is 1.89. The minimum Gasteiger partial charge on any atom is -0.494 e. The Morgan fingerprint density at radius 3 is 2.60 bits per heavy atom. The molecule has 0 bridgehead atoms. The second-order valence-corrected chi connectivity index (χ2v) is 3.07. The molecule has 4 N–H and O–H groups in total. The first-order valence-corrected chi connectivity index (χ1v) is 5.08. The molecule has 15 heavy (non-hydrogen) atoms. The number of quaternary nitrogens is 1. The fourth-order valence-electron chi connectivity index (χ4n) is 1.17. The highest BCUT2D eigenvalue weighted by Crippen LogP contribution is 2.11.